The molecule has 0 saturated heterocycles. The first kappa shape index (κ1) is 20.9. The molecule has 5 rings (SSSR count). The molecule has 1 aliphatic rings. The van der Waals surface area contributed by atoms with E-state index in [4.69, 9.17) is 0 Å². The normalized spacial score (nSPS) is 20.2. The summed E-state index contributed by atoms with van der Waals surface area (Å²) in [6, 6.07) is 7.67. The van der Waals surface area contributed by atoms with Crippen molar-refractivity contribution >= 4 is 21.9 Å². The molecule has 1 N–H and O–H groups in total. The summed E-state index contributed by atoms with van der Waals surface area (Å²) in [6.07, 6.45) is 6.68. The monoisotopic (exact) mass is 441 g/mol. The van der Waals surface area contributed by atoms with Gasteiger partial charge in [-0.1, -0.05) is 6.92 Å². The highest BCUT2D eigenvalue weighted by Gasteiger charge is 2.27. The highest BCUT2D eigenvalue weighted by atomic mass is 19.2. The van der Waals surface area contributed by atoms with Gasteiger partial charge in [-0.3, -0.25) is 4.98 Å². The van der Waals surface area contributed by atoms with Crippen molar-refractivity contribution in [3.8, 4) is 0 Å². The van der Waals surface area contributed by atoms with Crippen molar-refractivity contribution in [1.29, 1.82) is 0 Å². The van der Waals surface area contributed by atoms with Crippen molar-refractivity contribution in [3.63, 3.8) is 0 Å². The van der Waals surface area contributed by atoms with Crippen molar-refractivity contribution in [2.24, 2.45) is 5.92 Å². The van der Waals surface area contributed by atoms with Gasteiger partial charge in [-0.05, 0) is 73.8 Å². The van der Waals surface area contributed by atoms with Gasteiger partial charge >= 0.3 is 0 Å². The molecule has 0 unspecified atom stereocenters. The number of nitrogens with zero attached hydrogens (tertiary/aromatic N) is 2. The molecule has 0 radical (unpaired) electrons. The molecular weight excluding hydrogens is 418 g/mol. The standard InChI is InChI=1S/C25H23F4N3/c1-13(25-31-21-12-19(27)22(28)23(29)24(21)32-25)10-14-2-4-15(5-3-14)17-8-9-30-20-7-6-16(26)11-18(17)20/h6-9,11-15H,2-5,10H2,1H3,(H,31,32)/t13-,14?,15?/m1/s1. The number of hydrogen-bond acceptors (Lipinski definition) is 2. The van der Waals surface area contributed by atoms with Gasteiger partial charge in [0, 0.05) is 23.6 Å². The molecule has 0 amide bonds. The Kier molecular flexibility index (Phi) is 5.35. The number of pyridine rings is 1. The van der Waals surface area contributed by atoms with Crippen molar-refractivity contribution in [1.82, 2.24) is 15.0 Å². The zero-order valence-electron chi connectivity index (χ0n) is 17.6. The summed E-state index contributed by atoms with van der Waals surface area (Å²) < 4.78 is 54.8. The summed E-state index contributed by atoms with van der Waals surface area (Å²) in [7, 11) is 0. The largest absolute Gasteiger partial charge is 0.342 e. The maximum Gasteiger partial charge on any atom is 0.196 e. The molecule has 7 heteroatoms. The van der Waals surface area contributed by atoms with E-state index in [1.54, 1.807) is 18.3 Å². The lowest BCUT2D eigenvalue weighted by atomic mass is 9.75. The minimum Gasteiger partial charge on any atom is -0.342 e. The Bertz CT molecular complexity index is 1290. The average Bonchev–Trinajstić information content (AvgIpc) is 3.22. The Hall–Kier alpha value is -2.96. The zero-order chi connectivity index (χ0) is 22.4. The highest BCUT2D eigenvalue weighted by molar-refractivity contribution is 5.82. The molecule has 1 fully saturated rings. The van der Waals surface area contributed by atoms with Crippen molar-refractivity contribution in [2.75, 3.05) is 0 Å². The van der Waals surface area contributed by atoms with E-state index in [2.05, 4.69) is 15.0 Å². The van der Waals surface area contributed by atoms with Gasteiger partial charge in [-0.2, -0.15) is 0 Å². The van der Waals surface area contributed by atoms with Crippen LogP contribution >= 0.6 is 0 Å². The lowest BCUT2D eigenvalue weighted by Crippen LogP contribution is -2.16. The van der Waals surface area contributed by atoms with E-state index >= 15 is 0 Å². The van der Waals surface area contributed by atoms with E-state index in [-0.39, 0.29) is 22.8 Å². The van der Waals surface area contributed by atoms with Gasteiger partial charge in [0.25, 0.3) is 0 Å². The summed E-state index contributed by atoms with van der Waals surface area (Å²) in [5.74, 6) is -2.85. The number of fused-ring (bicyclic) bond motifs is 2. The van der Waals surface area contributed by atoms with E-state index in [1.807, 2.05) is 13.0 Å². The van der Waals surface area contributed by atoms with Crippen molar-refractivity contribution in [2.45, 2.75) is 50.9 Å². The van der Waals surface area contributed by atoms with Crippen LogP contribution in [0.3, 0.4) is 0 Å². The summed E-state index contributed by atoms with van der Waals surface area (Å²) >= 11 is 0. The number of halogens is 4. The van der Waals surface area contributed by atoms with E-state index in [0.29, 0.717) is 17.7 Å². The second-order valence-corrected chi connectivity index (χ2v) is 8.92. The van der Waals surface area contributed by atoms with Crippen LogP contribution in [0.25, 0.3) is 21.9 Å². The zero-order valence-corrected chi connectivity index (χ0v) is 17.6. The van der Waals surface area contributed by atoms with Gasteiger partial charge in [0.05, 0.1) is 11.0 Å². The van der Waals surface area contributed by atoms with Gasteiger partial charge in [0.15, 0.2) is 17.5 Å². The Morgan fingerprint density at radius 1 is 1.00 bits per heavy atom. The molecule has 4 aromatic rings. The van der Waals surface area contributed by atoms with E-state index in [0.717, 1.165) is 54.6 Å². The third-order valence-electron chi connectivity index (χ3n) is 6.81. The first-order valence-corrected chi connectivity index (χ1v) is 11.0. The van der Waals surface area contributed by atoms with E-state index < -0.39 is 17.5 Å². The number of nitrogens with one attached hydrogen (secondary N) is 1. The fraction of sp³-hybridized carbons (Fsp3) is 0.360. The van der Waals surface area contributed by atoms with Crippen molar-refractivity contribution in [3.05, 3.63) is 71.2 Å². The number of imidazole rings is 1. The van der Waals surface area contributed by atoms with Crippen LogP contribution in [0.2, 0.25) is 0 Å². The minimum atomic E-state index is -1.50. The highest BCUT2D eigenvalue weighted by Crippen LogP contribution is 2.41. The van der Waals surface area contributed by atoms with Crippen LogP contribution < -0.4 is 0 Å². The quantitative estimate of drug-likeness (QED) is 0.270. The summed E-state index contributed by atoms with van der Waals surface area (Å²) in [5.41, 5.74) is 1.97. The van der Waals surface area contributed by atoms with Gasteiger partial charge in [-0.25, -0.2) is 22.5 Å². The molecule has 32 heavy (non-hydrogen) atoms. The van der Waals surface area contributed by atoms with Crippen LogP contribution in [-0.2, 0) is 0 Å². The molecule has 0 aliphatic heterocycles. The number of benzene rings is 2. The molecule has 1 saturated carbocycles. The average molecular weight is 441 g/mol. The van der Waals surface area contributed by atoms with Crippen LogP contribution in [0.4, 0.5) is 17.6 Å². The summed E-state index contributed by atoms with van der Waals surface area (Å²) in [6.45, 7) is 1.99. The molecule has 2 heterocycles. The lowest BCUT2D eigenvalue weighted by molar-refractivity contribution is 0.296. The SMILES string of the molecule is C[C@H](CC1CCC(c2ccnc3ccc(F)cc23)CC1)c1nc2c(F)c(F)c(F)cc2[nH]1. The van der Waals surface area contributed by atoms with Crippen LogP contribution in [0.1, 0.15) is 62.3 Å². The van der Waals surface area contributed by atoms with Crippen LogP contribution in [0.15, 0.2) is 36.5 Å². The molecular formula is C25H23F4N3. The fourth-order valence-electron chi connectivity index (χ4n) is 5.13. The third-order valence-corrected chi connectivity index (χ3v) is 6.81. The summed E-state index contributed by atoms with van der Waals surface area (Å²) in [5, 5.41) is 0.882. The number of hydrogen-bond donors (Lipinski definition) is 1. The predicted octanol–water partition coefficient (Wildman–Crippen LogP) is 7.14. The molecule has 3 nitrogen and oxygen atoms in total. The Morgan fingerprint density at radius 2 is 1.78 bits per heavy atom. The Morgan fingerprint density at radius 3 is 2.56 bits per heavy atom. The van der Waals surface area contributed by atoms with Gasteiger partial charge in [0.1, 0.15) is 17.2 Å². The van der Waals surface area contributed by atoms with Crippen LogP contribution in [-0.4, -0.2) is 15.0 Å². The molecule has 2 aromatic carbocycles. The second-order valence-electron chi connectivity index (χ2n) is 8.92. The van der Waals surface area contributed by atoms with E-state index in [1.165, 1.54) is 6.07 Å². The van der Waals surface area contributed by atoms with Crippen LogP contribution in [0, 0.1) is 29.2 Å². The minimum absolute atomic E-state index is 0.00493. The lowest BCUT2D eigenvalue weighted by Gasteiger charge is -2.30. The maximum absolute atomic E-state index is 14.0. The fourth-order valence-corrected chi connectivity index (χ4v) is 5.13. The molecule has 2 aromatic heterocycles. The number of rotatable bonds is 4. The van der Waals surface area contributed by atoms with E-state index in [9.17, 15) is 17.6 Å². The van der Waals surface area contributed by atoms with Crippen LogP contribution in [0.5, 0.6) is 0 Å². The van der Waals surface area contributed by atoms with Crippen molar-refractivity contribution < 1.29 is 17.6 Å². The molecule has 1 atom stereocenters. The van der Waals surface area contributed by atoms with Gasteiger partial charge < -0.3 is 4.98 Å². The second kappa shape index (κ2) is 8.19. The summed E-state index contributed by atoms with van der Waals surface area (Å²) in [4.78, 5) is 11.5. The Labute approximate surface area is 182 Å². The Balaban J connectivity index is 1.28. The van der Waals surface area contributed by atoms with Gasteiger partial charge in [0.2, 0.25) is 0 Å². The number of aromatic nitrogens is 3. The first-order valence-electron chi connectivity index (χ1n) is 11.0. The first-order chi connectivity index (χ1) is 15.4. The maximum atomic E-state index is 14.0. The molecule has 1 aliphatic carbocycles. The third kappa shape index (κ3) is 3.74. The number of aromatic amines is 1. The molecule has 166 valence electrons. The predicted molar refractivity (Wildman–Crippen MR) is 115 cm³/mol. The number of H-pyrrole nitrogens is 1. The molecule has 0 spiro atoms. The smallest absolute Gasteiger partial charge is 0.196 e. The topological polar surface area (TPSA) is 41.6 Å². The molecule has 0 bridgehead atoms. The van der Waals surface area contributed by atoms with Gasteiger partial charge in [-0.15, -0.1) is 0 Å².